The Labute approximate surface area is 222 Å². The van der Waals surface area contributed by atoms with Crippen LogP contribution in [0, 0.1) is 11.7 Å². The highest BCUT2D eigenvalue weighted by molar-refractivity contribution is 6.31. The summed E-state index contributed by atoms with van der Waals surface area (Å²) in [5.74, 6) is 0.345. The Morgan fingerprint density at radius 3 is 2.46 bits per heavy atom. The van der Waals surface area contributed by atoms with Crippen molar-refractivity contribution in [1.82, 2.24) is 4.90 Å². The Bertz CT molecular complexity index is 1090. The molecule has 202 valence electrons. The van der Waals surface area contributed by atoms with Crippen molar-refractivity contribution in [3.63, 3.8) is 0 Å². The first-order valence-corrected chi connectivity index (χ1v) is 13.0. The smallest absolute Gasteiger partial charge is 0.320 e. The zero-order chi connectivity index (χ0) is 27.1. The van der Waals surface area contributed by atoms with E-state index in [4.69, 9.17) is 31.9 Å². The molecule has 1 aliphatic carbocycles. The predicted molar refractivity (Wildman–Crippen MR) is 141 cm³/mol. The van der Waals surface area contributed by atoms with Gasteiger partial charge < -0.3 is 25.2 Å². The summed E-state index contributed by atoms with van der Waals surface area (Å²) in [5, 5.41) is 8.57. The average molecular weight is 535 g/mol. The molecule has 0 aromatic heterocycles. The molecule has 2 aliphatic rings. The van der Waals surface area contributed by atoms with Crippen molar-refractivity contribution < 1.29 is 28.6 Å². The Balaban J connectivity index is 0.000000414. The normalized spacial score (nSPS) is 18.5. The number of carbonyl (C=O) groups excluding carboxylic acids is 1. The van der Waals surface area contributed by atoms with E-state index >= 15 is 0 Å². The lowest BCUT2D eigenvalue weighted by Gasteiger charge is -2.20. The number of hydrogen-bond donors (Lipinski definition) is 2. The lowest BCUT2D eigenvalue weighted by Crippen LogP contribution is -2.34. The molecule has 2 atom stereocenters. The summed E-state index contributed by atoms with van der Waals surface area (Å²) < 4.78 is 24.9. The number of carboxylic acids is 1. The van der Waals surface area contributed by atoms with Gasteiger partial charge in [0.25, 0.3) is 0 Å². The number of rotatable bonds is 8. The lowest BCUT2D eigenvalue weighted by atomic mass is 9.98. The van der Waals surface area contributed by atoms with E-state index in [0.717, 1.165) is 35.5 Å². The molecule has 0 bridgehead atoms. The third-order valence-corrected chi connectivity index (χ3v) is 7.20. The molecular formula is C28H36ClFN2O5. The predicted octanol–water partition coefficient (Wildman–Crippen LogP) is 5.38. The molecular weight excluding hydrogens is 499 g/mol. The fourth-order valence-corrected chi connectivity index (χ4v) is 4.74. The summed E-state index contributed by atoms with van der Waals surface area (Å²) >= 11 is 6.14. The van der Waals surface area contributed by atoms with Crippen molar-refractivity contribution in [2.75, 3.05) is 13.7 Å². The summed E-state index contributed by atoms with van der Waals surface area (Å²) in [7, 11) is 1.64. The van der Waals surface area contributed by atoms with Crippen LogP contribution >= 0.6 is 11.6 Å². The molecule has 7 nitrogen and oxygen atoms in total. The van der Waals surface area contributed by atoms with Crippen LogP contribution in [0.25, 0.3) is 0 Å². The highest BCUT2D eigenvalue weighted by atomic mass is 35.5. The standard InChI is InChI=1S/C23H25ClFNO3.C5H11NO2/c1-28-21-9-7-15(10-22(21)29-19-4-2-3-5-19)17-11-23(27)26(14-17)13-16-6-8-18(25)12-20(16)24;1-3(2)4(6)5(7)8/h6-10,12,17,19H,2-5,11,13-14H2,1H3;3-4H,6H2,1-2H3,(H,7,8)/t;4-/m.0/s1. The fourth-order valence-electron chi connectivity index (χ4n) is 4.51. The summed E-state index contributed by atoms with van der Waals surface area (Å²) in [5.41, 5.74) is 6.98. The van der Waals surface area contributed by atoms with E-state index in [1.54, 1.807) is 31.9 Å². The van der Waals surface area contributed by atoms with E-state index in [1.807, 2.05) is 18.2 Å². The van der Waals surface area contributed by atoms with E-state index in [-0.39, 0.29) is 29.7 Å². The zero-order valence-corrected chi connectivity index (χ0v) is 22.3. The number of likely N-dealkylation sites (tertiary alicyclic amines) is 1. The third kappa shape index (κ3) is 7.82. The maximum Gasteiger partial charge on any atom is 0.320 e. The maximum absolute atomic E-state index is 13.3. The number of ether oxygens (including phenoxy) is 2. The number of carbonyl (C=O) groups is 2. The molecule has 2 aromatic carbocycles. The number of methoxy groups -OCH3 is 1. The van der Waals surface area contributed by atoms with Gasteiger partial charge >= 0.3 is 5.97 Å². The minimum absolute atomic E-state index is 0.0208. The third-order valence-electron chi connectivity index (χ3n) is 6.85. The topological polar surface area (TPSA) is 102 Å². The number of hydrogen-bond acceptors (Lipinski definition) is 5. The number of halogens is 2. The summed E-state index contributed by atoms with van der Waals surface area (Å²) in [6.07, 6.45) is 5.22. The van der Waals surface area contributed by atoms with Crippen molar-refractivity contribution in [2.24, 2.45) is 11.7 Å². The van der Waals surface area contributed by atoms with Gasteiger partial charge in [-0.15, -0.1) is 0 Å². The van der Waals surface area contributed by atoms with Gasteiger partial charge in [0, 0.05) is 30.5 Å². The van der Waals surface area contributed by atoms with Gasteiger partial charge in [-0.25, -0.2) is 4.39 Å². The number of amides is 1. The van der Waals surface area contributed by atoms with Gasteiger partial charge in [0.15, 0.2) is 11.5 Å². The Kier molecular flexibility index (Phi) is 10.2. The first-order chi connectivity index (χ1) is 17.6. The van der Waals surface area contributed by atoms with Crippen LogP contribution < -0.4 is 15.2 Å². The number of nitrogens with zero attached hydrogens (tertiary/aromatic N) is 1. The molecule has 1 amide bonds. The van der Waals surface area contributed by atoms with Crippen LogP contribution in [0.2, 0.25) is 5.02 Å². The SMILES string of the molecule is CC(C)[C@H](N)C(=O)O.COc1ccc(C2CC(=O)N(Cc3ccc(F)cc3Cl)C2)cc1OC1CCCC1. The van der Waals surface area contributed by atoms with Crippen LogP contribution in [0.5, 0.6) is 11.5 Å². The molecule has 1 heterocycles. The van der Waals surface area contributed by atoms with Crippen molar-refractivity contribution >= 4 is 23.5 Å². The lowest BCUT2D eigenvalue weighted by molar-refractivity contribution is -0.139. The molecule has 1 unspecified atom stereocenters. The molecule has 4 rings (SSSR count). The van der Waals surface area contributed by atoms with E-state index < -0.39 is 12.0 Å². The van der Waals surface area contributed by atoms with Crippen molar-refractivity contribution in [3.05, 3.63) is 58.4 Å². The Hall–Kier alpha value is -2.84. The Morgan fingerprint density at radius 1 is 1.19 bits per heavy atom. The van der Waals surface area contributed by atoms with Crippen LogP contribution in [0.1, 0.15) is 63.0 Å². The monoisotopic (exact) mass is 534 g/mol. The molecule has 9 heteroatoms. The highest BCUT2D eigenvalue weighted by Gasteiger charge is 2.32. The van der Waals surface area contributed by atoms with Gasteiger partial charge in [-0.3, -0.25) is 9.59 Å². The zero-order valence-electron chi connectivity index (χ0n) is 21.6. The minimum Gasteiger partial charge on any atom is -0.493 e. The second-order valence-corrected chi connectivity index (χ2v) is 10.4. The molecule has 1 saturated heterocycles. The minimum atomic E-state index is -0.931. The van der Waals surface area contributed by atoms with E-state index in [1.165, 1.54) is 25.0 Å². The number of nitrogens with two attached hydrogens (primary N) is 1. The quantitative estimate of drug-likeness (QED) is 0.471. The maximum atomic E-state index is 13.3. The van der Waals surface area contributed by atoms with Crippen LogP contribution in [0.3, 0.4) is 0 Å². The van der Waals surface area contributed by atoms with Crippen LogP contribution in [0.4, 0.5) is 4.39 Å². The van der Waals surface area contributed by atoms with E-state index in [2.05, 4.69) is 0 Å². The van der Waals surface area contributed by atoms with Crippen LogP contribution in [-0.2, 0) is 16.1 Å². The summed E-state index contributed by atoms with van der Waals surface area (Å²) in [6, 6.07) is 9.52. The van der Waals surface area contributed by atoms with Gasteiger partial charge in [0.05, 0.1) is 13.2 Å². The summed E-state index contributed by atoms with van der Waals surface area (Å²) in [4.78, 5) is 24.4. The van der Waals surface area contributed by atoms with E-state index in [9.17, 15) is 14.0 Å². The molecule has 1 aliphatic heterocycles. The van der Waals surface area contributed by atoms with Gasteiger partial charge in [0.1, 0.15) is 11.9 Å². The molecule has 37 heavy (non-hydrogen) atoms. The van der Waals surface area contributed by atoms with Crippen molar-refractivity contribution in [3.8, 4) is 11.5 Å². The Morgan fingerprint density at radius 2 is 1.89 bits per heavy atom. The second-order valence-electron chi connectivity index (χ2n) is 9.95. The number of carboxylic acid groups (broad SMARTS) is 1. The highest BCUT2D eigenvalue weighted by Crippen LogP contribution is 2.37. The fraction of sp³-hybridized carbons (Fsp3) is 0.500. The van der Waals surface area contributed by atoms with Gasteiger partial charge in [0.2, 0.25) is 5.91 Å². The molecule has 3 N–H and O–H groups in total. The van der Waals surface area contributed by atoms with Crippen LogP contribution in [0.15, 0.2) is 36.4 Å². The van der Waals surface area contributed by atoms with Crippen LogP contribution in [-0.4, -0.2) is 47.7 Å². The number of benzene rings is 2. The van der Waals surface area contributed by atoms with Crippen molar-refractivity contribution in [2.45, 2.75) is 70.6 Å². The summed E-state index contributed by atoms with van der Waals surface area (Å²) in [6.45, 7) is 4.54. The van der Waals surface area contributed by atoms with E-state index in [0.29, 0.717) is 24.5 Å². The molecule has 2 fully saturated rings. The molecule has 0 radical (unpaired) electrons. The first kappa shape index (κ1) is 28.7. The largest absolute Gasteiger partial charge is 0.493 e. The molecule has 0 spiro atoms. The average Bonchev–Trinajstić information content (AvgIpc) is 3.50. The second kappa shape index (κ2) is 13.1. The molecule has 1 saturated carbocycles. The first-order valence-electron chi connectivity index (χ1n) is 12.6. The molecule has 2 aromatic rings. The van der Waals surface area contributed by atoms with Gasteiger partial charge in [-0.1, -0.05) is 37.6 Å². The van der Waals surface area contributed by atoms with Gasteiger partial charge in [-0.2, -0.15) is 0 Å². The van der Waals surface area contributed by atoms with Crippen molar-refractivity contribution in [1.29, 1.82) is 0 Å². The number of aliphatic carboxylic acids is 1. The van der Waals surface area contributed by atoms with Gasteiger partial charge in [-0.05, 0) is 67.0 Å².